The summed E-state index contributed by atoms with van der Waals surface area (Å²) < 4.78 is 10.3. The van der Waals surface area contributed by atoms with Crippen LogP contribution in [-0.4, -0.2) is 4.59 Å². The smallest absolute Gasteiger partial charge is 0.208 e. The van der Waals surface area contributed by atoms with Crippen molar-refractivity contribution in [3.05, 3.63) is 0 Å². The largest absolute Gasteiger partial charge is 0.262 e. The topological polar surface area (TPSA) is 0 Å². The van der Waals surface area contributed by atoms with Crippen molar-refractivity contribution in [1.29, 1.82) is 0 Å². The first-order valence-electron chi connectivity index (χ1n) is 2.32. The summed E-state index contributed by atoms with van der Waals surface area (Å²) >= 11 is 10.2. The Balaban J connectivity index is 4.02. The summed E-state index contributed by atoms with van der Waals surface area (Å²) in [4.78, 5) is 0. The molecule has 0 saturated heterocycles. The van der Waals surface area contributed by atoms with E-state index in [9.17, 15) is 4.39 Å². The number of hydrogen-bond acceptors (Lipinski definition) is 0. The Morgan fingerprint density at radius 2 is 1.25 bits per heavy atom. The van der Waals surface area contributed by atoms with Crippen LogP contribution < -0.4 is 0 Å². The van der Waals surface area contributed by atoms with E-state index in [0.29, 0.717) is 0 Å². The molecule has 8 heavy (non-hydrogen) atoms. The highest BCUT2D eigenvalue weighted by Crippen LogP contribution is 2.40. The van der Waals surface area contributed by atoms with E-state index in [1.54, 1.807) is 20.8 Å². The maximum Gasteiger partial charge on any atom is 0.262 e. The zero-order valence-electron chi connectivity index (χ0n) is 5.13. The molecule has 3 heteroatoms. The molecule has 0 atom stereocenters. The van der Waals surface area contributed by atoms with Crippen LogP contribution in [-0.2, 0) is 0 Å². The molecular formula is C5H9Cl2F. The molecule has 0 aromatic carbocycles. The van der Waals surface area contributed by atoms with Gasteiger partial charge in [-0.25, -0.2) is 4.39 Å². The average Bonchev–Trinajstić information content (AvgIpc) is 1.25. The van der Waals surface area contributed by atoms with Gasteiger partial charge in [0.1, 0.15) is 0 Å². The molecule has 0 fully saturated rings. The van der Waals surface area contributed by atoms with Crippen molar-refractivity contribution in [3.63, 3.8) is 0 Å². The predicted molar refractivity (Wildman–Crippen MR) is 35.0 cm³/mol. The lowest BCUT2D eigenvalue weighted by molar-refractivity contribution is 0.201. The minimum Gasteiger partial charge on any atom is -0.208 e. The van der Waals surface area contributed by atoms with E-state index >= 15 is 0 Å². The third-order valence-corrected chi connectivity index (χ3v) is 1.98. The third kappa shape index (κ3) is 2.19. The van der Waals surface area contributed by atoms with E-state index < -0.39 is 10.0 Å². The van der Waals surface area contributed by atoms with Gasteiger partial charge in [-0.2, -0.15) is 0 Å². The summed E-state index contributed by atoms with van der Waals surface area (Å²) in [5.74, 6) is 0. The maximum atomic E-state index is 12.4. The summed E-state index contributed by atoms with van der Waals surface area (Å²) in [6.07, 6.45) is 0. The van der Waals surface area contributed by atoms with Crippen molar-refractivity contribution in [2.45, 2.75) is 25.4 Å². The molecule has 0 amide bonds. The Kier molecular flexibility index (Phi) is 2.16. The molecule has 0 aromatic rings. The summed E-state index contributed by atoms with van der Waals surface area (Å²) in [5.41, 5.74) is -0.698. The summed E-state index contributed by atoms with van der Waals surface area (Å²) in [7, 11) is 0. The van der Waals surface area contributed by atoms with Crippen molar-refractivity contribution in [1.82, 2.24) is 0 Å². The van der Waals surface area contributed by atoms with Crippen molar-refractivity contribution in [2.75, 3.05) is 0 Å². The molecule has 0 rings (SSSR count). The zero-order chi connectivity index (χ0) is 7.00. The van der Waals surface area contributed by atoms with Crippen molar-refractivity contribution in [2.24, 2.45) is 5.41 Å². The highest BCUT2D eigenvalue weighted by molar-refractivity contribution is 6.47. The summed E-state index contributed by atoms with van der Waals surface area (Å²) in [6.45, 7) is 4.90. The molecule has 0 spiro atoms. The molecular weight excluding hydrogens is 150 g/mol. The van der Waals surface area contributed by atoms with Crippen LogP contribution in [0.2, 0.25) is 0 Å². The fourth-order valence-electron chi connectivity index (χ4n) is 0. The number of hydrogen-bond donors (Lipinski definition) is 0. The van der Waals surface area contributed by atoms with Gasteiger partial charge in [-0.05, 0) is 0 Å². The maximum absolute atomic E-state index is 12.4. The molecule has 0 aliphatic heterocycles. The lowest BCUT2D eigenvalue weighted by Gasteiger charge is -2.25. The molecule has 0 aliphatic carbocycles. The quantitative estimate of drug-likeness (QED) is 0.476. The molecule has 0 unspecified atom stereocenters. The molecule has 0 heterocycles. The Hall–Kier alpha value is 0.510. The zero-order valence-corrected chi connectivity index (χ0v) is 6.65. The summed E-state index contributed by atoms with van der Waals surface area (Å²) in [6, 6.07) is 0. The van der Waals surface area contributed by atoms with Crippen LogP contribution in [0.4, 0.5) is 4.39 Å². The standard InChI is InChI=1S/C5H9Cl2F/c1-4(2,3)5(6,7)8/h1-3H3. The van der Waals surface area contributed by atoms with Crippen LogP contribution in [0.5, 0.6) is 0 Å². The van der Waals surface area contributed by atoms with E-state index in [4.69, 9.17) is 23.2 Å². The van der Waals surface area contributed by atoms with Crippen molar-refractivity contribution in [3.8, 4) is 0 Å². The van der Waals surface area contributed by atoms with Crippen LogP contribution >= 0.6 is 23.2 Å². The molecule has 0 N–H and O–H groups in total. The van der Waals surface area contributed by atoms with Gasteiger partial charge in [-0.1, -0.05) is 44.0 Å². The van der Waals surface area contributed by atoms with Gasteiger partial charge in [-0.15, -0.1) is 0 Å². The first-order chi connectivity index (χ1) is 3.25. The van der Waals surface area contributed by atoms with Gasteiger partial charge < -0.3 is 0 Å². The first kappa shape index (κ1) is 8.51. The van der Waals surface area contributed by atoms with Crippen LogP contribution in [0.1, 0.15) is 20.8 Å². The van der Waals surface area contributed by atoms with Gasteiger partial charge in [0.2, 0.25) is 0 Å². The number of halogens is 3. The molecule has 0 radical (unpaired) electrons. The van der Waals surface area contributed by atoms with Gasteiger partial charge in [0.25, 0.3) is 4.59 Å². The van der Waals surface area contributed by atoms with Crippen LogP contribution in [0.3, 0.4) is 0 Å². The molecule has 0 saturated carbocycles. The third-order valence-electron chi connectivity index (χ3n) is 0.850. The summed E-state index contributed by atoms with van der Waals surface area (Å²) in [5, 5.41) is 0. The SMILES string of the molecule is CC(C)(C)C(F)(Cl)Cl. The van der Waals surface area contributed by atoms with Crippen molar-refractivity contribution < 1.29 is 4.39 Å². The molecule has 50 valence electrons. The van der Waals surface area contributed by atoms with E-state index in [0.717, 1.165) is 0 Å². The van der Waals surface area contributed by atoms with Crippen LogP contribution in [0.25, 0.3) is 0 Å². The van der Waals surface area contributed by atoms with Gasteiger partial charge in [0.15, 0.2) is 0 Å². The van der Waals surface area contributed by atoms with E-state index in [1.165, 1.54) is 0 Å². The fraction of sp³-hybridized carbons (Fsp3) is 1.00. The van der Waals surface area contributed by atoms with E-state index in [2.05, 4.69) is 0 Å². The number of rotatable bonds is 0. The second kappa shape index (κ2) is 2.03. The first-order valence-corrected chi connectivity index (χ1v) is 3.07. The Morgan fingerprint density at radius 3 is 1.25 bits per heavy atom. The predicted octanol–water partition coefficient (Wildman–Crippen LogP) is 3.13. The van der Waals surface area contributed by atoms with Crippen LogP contribution in [0.15, 0.2) is 0 Å². The minimum absolute atomic E-state index is 0.698. The minimum atomic E-state index is -2.12. The van der Waals surface area contributed by atoms with E-state index in [1.807, 2.05) is 0 Å². The van der Waals surface area contributed by atoms with Crippen LogP contribution in [0, 0.1) is 5.41 Å². The average molecular weight is 159 g/mol. The second-order valence-corrected chi connectivity index (χ2v) is 3.98. The van der Waals surface area contributed by atoms with Gasteiger partial charge in [0, 0.05) is 5.41 Å². The Morgan fingerprint density at radius 1 is 1.12 bits per heavy atom. The van der Waals surface area contributed by atoms with Gasteiger partial charge in [-0.3, -0.25) is 0 Å². The lowest BCUT2D eigenvalue weighted by Crippen LogP contribution is -2.25. The second-order valence-electron chi connectivity index (χ2n) is 2.75. The fourth-order valence-corrected chi connectivity index (χ4v) is 0. The molecule has 0 aromatic heterocycles. The normalized spacial score (nSPS) is 14.2. The molecule has 0 aliphatic rings. The van der Waals surface area contributed by atoms with E-state index in [-0.39, 0.29) is 0 Å². The number of alkyl halides is 3. The van der Waals surface area contributed by atoms with Crippen molar-refractivity contribution >= 4 is 23.2 Å². The van der Waals surface area contributed by atoms with Gasteiger partial charge >= 0.3 is 0 Å². The highest BCUT2D eigenvalue weighted by atomic mass is 35.5. The van der Waals surface area contributed by atoms with Gasteiger partial charge in [0.05, 0.1) is 0 Å². The molecule has 0 nitrogen and oxygen atoms in total. The monoisotopic (exact) mass is 158 g/mol. The highest BCUT2D eigenvalue weighted by Gasteiger charge is 2.37. The Labute approximate surface area is 59.0 Å². The Bertz CT molecular complexity index is 65.4. The lowest BCUT2D eigenvalue weighted by atomic mass is 9.99. The molecule has 0 bridgehead atoms.